The highest BCUT2D eigenvalue weighted by Gasteiger charge is 2.27. The average Bonchev–Trinajstić information content (AvgIpc) is 3.55. The zero-order chi connectivity index (χ0) is 26.9. The monoisotopic (exact) mass is 538 g/mol. The van der Waals surface area contributed by atoms with Crippen LogP contribution in [0.5, 0.6) is 0 Å². The number of nitrogens with one attached hydrogen (secondary N) is 1. The van der Waals surface area contributed by atoms with E-state index < -0.39 is 10.0 Å². The molecule has 0 bridgehead atoms. The Morgan fingerprint density at radius 3 is 2.76 bits per heavy atom. The van der Waals surface area contributed by atoms with Gasteiger partial charge in [0.25, 0.3) is 5.91 Å². The van der Waals surface area contributed by atoms with Crippen LogP contribution in [0.3, 0.4) is 0 Å². The molecule has 1 aliphatic carbocycles. The number of carbonyl (C=O) groups excluding carboxylic acids is 1. The zero-order valence-corrected chi connectivity index (χ0v) is 23.0. The van der Waals surface area contributed by atoms with Gasteiger partial charge in [0.1, 0.15) is 0 Å². The highest BCUT2D eigenvalue weighted by atomic mass is 32.2. The van der Waals surface area contributed by atoms with E-state index >= 15 is 0 Å². The summed E-state index contributed by atoms with van der Waals surface area (Å²) >= 11 is 0. The smallest absolute Gasteiger partial charge is 0.299 e. The molecule has 3 aromatic rings. The summed E-state index contributed by atoms with van der Waals surface area (Å²) in [5, 5.41) is 9.24. The molecular weight excluding hydrogens is 504 g/mol. The number of amides is 1. The number of fused-ring (bicyclic) bond motifs is 2. The molecule has 2 aliphatic rings. The van der Waals surface area contributed by atoms with E-state index in [0.717, 1.165) is 48.1 Å². The first-order chi connectivity index (χ1) is 18.2. The summed E-state index contributed by atoms with van der Waals surface area (Å²) in [5.41, 5.74) is 4.33. The Morgan fingerprint density at radius 2 is 2.00 bits per heavy atom. The molecule has 0 unspecified atom stereocenters. The van der Waals surface area contributed by atoms with Crippen molar-refractivity contribution in [1.29, 1.82) is 0 Å². The van der Waals surface area contributed by atoms with Crippen LogP contribution >= 0.6 is 0 Å². The first kappa shape index (κ1) is 26.3. The molecule has 11 heteroatoms. The van der Waals surface area contributed by atoms with E-state index in [2.05, 4.69) is 26.8 Å². The highest BCUT2D eigenvalue weighted by molar-refractivity contribution is 7.92. The molecule has 0 atom stereocenters. The van der Waals surface area contributed by atoms with Crippen molar-refractivity contribution in [2.45, 2.75) is 58.7 Å². The van der Waals surface area contributed by atoms with Crippen LogP contribution in [0.1, 0.15) is 54.5 Å². The minimum Gasteiger partial charge on any atom is -0.354 e. The third-order valence-electron chi connectivity index (χ3n) is 7.21. The number of aromatic nitrogens is 3. The Hall–Kier alpha value is -3.36. The van der Waals surface area contributed by atoms with Gasteiger partial charge in [-0.15, -0.1) is 0 Å². The topological polar surface area (TPSA) is 114 Å². The van der Waals surface area contributed by atoms with E-state index in [1.54, 1.807) is 11.1 Å². The number of rotatable bonds is 7. The van der Waals surface area contributed by atoms with E-state index in [9.17, 15) is 13.2 Å². The summed E-state index contributed by atoms with van der Waals surface area (Å²) in [5.74, 6) is 5.97. The van der Waals surface area contributed by atoms with Crippen molar-refractivity contribution in [3.05, 3.63) is 40.7 Å². The summed E-state index contributed by atoms with van der Waals surface area (Å²) in [6, 6.07) is 3.87. The quantitative estimate of drug-likeness (QED) is 0.460. The molecule has 3 heterocycles. The van der Waals surface area contributed by atoms with Crippen LogP contribution < -0.4 is 4.72 Å². The number of anilines is 1. The number of carbonyl (C=O) groups is 1. The summed E-state index contributed by atoms with van der Waals surface area (Å²) < 4.78 is 35.8. The standard InChI is InChI=1S/C27H34N6O4S/c1-19-12-21(15-33-23-17-32(16-22(23)14-28-33)25(34)10-7-11-31(2)3)13-24-26(19)27(29-37-24)30-38(35,36)18-20-8-5-4-6-9-20/h12-14,20H,4-6,8-9,11,15-18H2,1-3H3,(H,29,30). The van der Waals surface area contributed by atoms with Gasteiger partial charge >= 0.3 is 0 Å². The van der Waals surface area contributed by atoms with Gasteiger partial charge in [-0.25, -0.2) is 8.42 Å². The van der Waals surface area contributed by atoms with Gasteiger partial charge in [-0.2, -0.15) is 5.10 Å². The fourth-order valence-electron chi connectivity index (χ4n) is 5.37. The number of aryl methyl sites for hydroxylation is 1. The van der Waals surface area contributed by atoms with E-state index in [-0.39, 0.29) is 23.4 Å². The lowest BCUT2D eigenvalue weighted by Gasteiger charge is -2.21. The fraction of sp³-hybridized carbons (Fsp3) is 0.519. The summed E-state index contributed by atoms with van der Waals surface area (Å²) in [6.45, 7) is 3.90. The summed E-state index contributed by atoms with van der Waals surface area (Å²) in [6.07, 6.45) is 7.07. The Kier molecular flexibility index (Phi) is 7.45. The molecule has 10 nitrogen and oxygen atoms in total. The third kappa shape index (κ3) is 5.87. The molecule has 2 aromatic heterocycles. The lowest BCUT2D eigenvalue weighted by atomic mass is 9.91. The van der Waals surface area contributed by atoms with Crippen molar-refractivity contribution < 1.29 is 17.7 Å². The Balaban J connectivity index is 1.28. The maximum atomic E-state index is 12.8. The van der Waals surface area contributed by atoms with Crippen molar-refractivity contribution in [3.63, 3.8) is 0 Å². The van der Waals surface area contributed by atoms with E-state index in [0.29, 0.717) is 37.1 Å². The number of hydrogen-bond donors (Lipinski definition) is 1. The summed E-state index contributed by atoms with van der Waals surface area (Å²) in [4.78, 5) is 16.1. The molecule has 1 fully saturated rings. The minimum atomic E-state index is -3.52. The third-order valence-corrected chi connectivity index (χ3v) is 8.63. The molecule has 1 aromatic carbocycles. The molecule has 1 N–H and O–H groups in total. The molecule has 0 radical (unpaired) electrons. The predicted octanol–water partition coefficient (Wildman–Crippen LogP) is 3.11. The molecule has 1 aliphatic heterocycles. The largest absolute Gasteiger partial charge is 0.354 e. The molecule has 0 saturated heterocycles. The van der Waals surface area contributed by atoms with E-state index in [1.807, 2.05) is 42.7 Å². The Bertz CT molecular complexity index is 1510. The van der Waals surface area contributed by atoms with Gasteiger partial charge in [-0.3, -0.25) is 19.1 Å². The van der Waals surface area contributed by atoms with Gasteiger partial charge in [-0.1, -0.05) is 36.4 Å². The Labute approximate surface area is 223 Å². The maximum Gasteiger partial charge on any atom is 0.299 e. The first-order valence-corrected chi connectivity index (χ1v) is 14.7. The molecule has 5 rings (SSSR count). The van der Waals surface area contributed by atoms with Crippen LogP contribution in [0.25, 0.3) is 11.0 Å². The van der Waals surface area contributed by atoms with Gasteiger partial charge in [0.2, 0.25) is 10.0 Å². The molecular formula is C27H34N6O4S. The number of nitrogens with zero attached hydrogens (tertiary/aromatic N) is 5. The van der Waals surface area contributed by atoms with Crippen LogP contribution in [0.2, 0.25) is 0 Å². The second kappa shape index (κ2) is 10.8. The summed E-state index contributed by atoms with van der Waals surface area (Å²) in [7, 11) is 0.299. The average molecular weight is 539 g/mol. The van der Waals surface area contributed by atoms with Crippen molar-refractivity contribution in [2.75, 3.05) is 31.1 Å². The fourth-order valence-corrected chi connectivity index (χ4v) is 6.84. The van der Waals surface area contributed by atoms with Crippen molar-refractivity contribution >= 4 is 32.7 Å². The molecule has 1 amide bonds. The maximum absolute atomic E-state index is 12.8. The lowest BCUT2D eigenvalue weighted by molar-refractivity contribution is -0.125. The Morgan fingerprint density at radius 1 is 1.21 bits per heavy atom. The van der Waals surface area contributed by atoms with Crippen LogP contribution in [0.4, 0.5) is 5.82 Å². The van der Waals surface area contributed by atoms with Crippen LogP contribution in [-0.4, -0.2) is 65.5 Å². The van der Waals surface area contributed by atoms with Gasteiger partial charge in [0, 0.05) is 5.56 Å². The minimum absolute atomic E-state index is 0.115. The number of sulfonamides is 1. The second-order valence-electron chi connectivity index (χ2n) is 10.7. The highest BCUT2D eigenvalue weighted by Crippen LogP contribution is 2.31. The zero-order valence-electron chi connectivity index (χ0n) is 22.2. The second-order valence-corrected chi connectivity index (χ2v) is 12.4. The normalized spacial score (nSPS) is 16.1. The number of benzene rings is 1. The van der Waals surface area contributed by atoms with Gasteiger partial charge in [-0.05, 0) is 62.9 Å². The van der Waals surface area contributed by atoms with Crippen molar-refractivity contribution in [2.24, 2.45) is 5.92 Å². The van der Waals surface area contributed by atoms with E-state index in [4.69, 9.17) is 4.52 Å². The van der Waals surface area contributed by atoms with Crippen LogP contribution in [0.15, 0.2) is 22.9 Å². The predicted molar refractivity (Wildman–Crippen MR) is 145 cm³/mol. The molecule has 0 spiro atoms. The lowest BCUT2D eigenvalue weighted by Crippen LogP contribution is -2.25. The number of hydrogen-bond acceptors (Lipinski definition) is 7. The molecule has 1 saturated carbocycles. The van der Waals surface area contributed by atoms with Crippen molar-refractivity contribution in [1.82, 2.24) is 24.7 Å². The van der Waals surface area contributed by atoms with Crippen LogP contribution in [-0.2, 0) is 34.5 Å². The van der Waals surface area contributed by atoms with Crippen LogP contribution in [0, 0.1) is 24.7 Å². The van der Waals surface area contributed by atoms with Gasteiger partial charge in [0.15, 0.2) is 11.4 Å². The SMILES string of the molecule is Cc1cc(Cn2ncc3c2CN(C(=O)C#CCN(C)C)C3)cc2onc(NS(=O)(=O)CC3CCCCC3)c12. The van der Waals surface area contributed by atoms with Gasteiger partial charge < -0.3 is 9.42 Å². The van der Waals surface area contributed by atoms with Crippen molar-refractivity contribution in [3.8, 4) is 11.8 Å². The molecule has 202 valence electrons. The van der Waals surface area contributed by atoms with Gasteiger partial charge in [0.05, 0.1) is 49.2 Å². The first-order valence-electron chi connectivity index (χ1n) is 13.0. The van der Waals surface area contributed by atoms with E-state index in [1.165, 1.54) is 6.42 Å². The molecule has 38 heavy (non-hydrogen) atoms.